The first-order chi connectivity index (χ1) is 10.5. The molecule has 0 atom stereocenters. The van der Waals surface area contributed by atoms with E-state index >= 15 is 0 Å². The molecule has 1 N–H and O–H groups in total. The van der Waals surface area contributed by atoms with Gasteiger partial charge in [-0.15, -0.1) is 0 Å². The molecule has 0 fully saturated rings. The summed E-state index contributed by atoms with van der Waals surface area (Å²) in [5.41, 5.74) is 3.25. The van der Waals surface area contributed by atoms with Crippen LogP contribution in [0, 0.1) is 13.8 Å². The van der Waals surface area contributed by atoms with Crippen molar-refractivity contribution >= 4 is 33.8 Å². The Morgan fingerprint density at radius 3 is 2.55 bits per heavy atom. The molecule has 0 radical (unpaired) electrons. The second kappa shape index (κ2) is 7.22. The summed E-state index contributed by atoms with van der Waals surface area (Å²) >= 11 is 3.42. The minimum Gasteiger partial charge on any atom is -0.484 e. The lowest BCUT2D eigenvalue weighted by atomic mass is 10.1. The van der Waals surface area contributed by atoms with Crippen LogP contribution in [0.2, 0.25) is 0 Å². The normalized spacial score (nSPS) is 10.1. The van der Waals surface area contributed by atoms with Gasteiger partial charge >= 0.3 is 0 Å². The molecule has 2 aromatic rings. The number of halogens is 1. The molecule has 0 spiro atoms. The van der Waals surface area contributed by atoms with Crippen LogP contribution in [0.5, 0.6) is 5.75 Å². The predicted octanol–water partition coefficient (Wildman–Crippen LogP) is 3.90. The van der Waals surface area contributed by atoms with E-state index in [4.69, 9.17) is 4.74 Å². The van der Waals surface area contributed by atoms with Crippen molar-refractivity contribution in [1.29, 1.82) is 0 Å². The first-order valence-electron chi connectivity index (χ1n) is 6.74. The zero-order chi connectivity index (χ0) is 16.1. The topological polar surface area (TPSA) is 55.4 Å². The Kier molecular flexibility index (Phi) is 5.33. The van der Waals surface area contributed by atoms with Crippen molar-refractivity contribution in [2.24, 2.45) is 0 Å². The molecule has 0 saturated heterocycles. The fourth-order valence-corrected chi connectivity index (χ4v) is 2.80. The van der Waals surface area contributed by atoms with Crippen molar-refractivity contribution in [3.63, 3.8) is 0 Å². The molecule has 2 aromatic carbocycles. The van der Waals surface area contributed by atoms with Gasteiger partial charge in [-0.3, -0.25) is 9.59 Å². The van der Waals surface area contributed by atoms with Gasteiger partial charge in [0.15, 0.2) is 6.61 Å². The second-order valence-corrected chi connectivity index (χ2v) is 5.86. The van der Waals surface area contributed by atoms with E-state index in [1.54, 1.807) is 24.3 Å². The summed E-state index contributed by atoms with van der Waals surface area (Å²) in [5.74, 6) is 0.244. The van der Waals surface area contributed by atoms with Gasteiger partial charge in [0.2, 0.25) is 0 Å². The molecule has 5 heteroatoms. The van der Waals surface area contributed by atoms with E-state index in [-0.39, 0.29) is 12.5 Å². The fourth-order valence-electron chi connectivity index (χ4n) is 2.11. The number of anilines is 1. The molecule has 4 nitrogen and oxygen atoms in total. The van der Waals surface area contributed by atoms with Crippen molar-refractivity contribution in [3.05, 3.63) is 57.6 Å². The summed E-state index contributed by atoms with van der Waals surface area (Å²) in [6.45, 7) is 3.75. The van der Waals surface area contributed by atoms with E-state index in [2.05, 4.69) is 21.2 Å². The molecule has 2 rings (SSSR count). The number of ether oxygens (including phenoxy) is 1. The van der Waals surface area contributed by atoms with Crippen molar-refractivity contribution in [2.75, 3.05) is 11.9 Å². The van der Waals surface area contributed by atoms with Crippen LogP contribution in [0.4, 0.5) is 5.69 Å². The number of amides is 1. The monoisotopic (exact) mass is 361 g/mol. The Morgan fingerprint density at radius 2 is 1.91 bits per heavy atom. The van der Waals surface area contributed by atoms with Gasteiger partial charge in [-0.2, -0.15) is 0 Å². The molecule has 0 heterocycles. The summed E-state index contributed by atoms with van der Waals surface area (Å²) in [4.78, 5) is 22.7. The molecule has 114 valence electrons. The Bertz CT molecular complexity index is 690. The number of nitrogens with one attached hydrogen (secondary N) is 1. The van der Waals surface area contributed by atoms with Gasteiger partial charge in [0, 0.05) is 15.7 Å². The number of hydrogen-bond acceptors (Lipinski definition) is 3. The highest BCUT2D eigenvalue weighted by atomic mass is 79.9. The van der Waals surface area contributed by atoms with E-state index in [9.17, 15) is 9.59 Å². The first kappa shape index (κ1) is 16.2. The highest BCUT2D eigenvalue weighted by Crippen LogP contribution is 2.25. The van der Waals surface area contributed by atoms with Gasteiger partial charge in [-0.05, 0) is 49.2 Å². The minimum atomic E-state index is -0.245. The smallest absolute Gasteiger partial charge is 0.262 e. The zero-order valence-corrected chi connectivity index (χ0v) is 13.9. The molecule has 0 bridgehead atoms. The average molecular weight is 362 g/mol. The van der Waals surface area contributed by atoms with Crippen LogP contribution in [0.1, 0.15) is 21.5 Å². The van der Waals surface area contributed by atoms with E-state index in [1.165, 1.54) is 0 Å². The Labute approximate surface area is 137 Å². The van der Waals surface area contributed by atoms with Gasteiger partial charge in [-0.25, -0.2) is 0 Å². The third-order valence-corrected chi connectivity index (χ3v) is 3.58. The number of carbonyl (C=O) groups is 2. The first-order valence-corrected chi connectivity index (χ1v) is 7.53. The van der Waals surface area contributed by atoms with Gasteiger partial charge in [-0.1, -0.05) is 28.1 Å². The van der Waals surface area contributed by atoms with E-state index in [0.717, 1.165) is 27.6 Å². The van der Waals surface area contributed by atoms with Crippen LogP contribution < -0.4 is 10.1 Å². The fraction of sp³-hybridized carbons (Fsp3) is 0.176. The van der Waals surface area contributed by atoms with E-state index < -0.39 is 0 Å². The summed E-state index contributed by atoms with van der Waals surface area (Å²) in [5, 5.41) is 2.85. The molecule has 22 heavy (non-hydrogen) atoms. The van der Waals surface area contributed by atoms with Crippen molar-refractivity contribution < 1.29 is 14.3 Å². The van der Waals surface area contributed by atoms with Gasteiger partial charge in [0.05, 0.1) is 0 Å². The molecule has 0 aliphatic heterocycles. The maximum Gasteiger partial charge on any atom is 0.262 e. The SMILES string of the molecule is Cc1cc(Br)cc(C)c1NC(=O)COc1cccc(C=O)c1. The lowest BCUT2D eigenvalue weighted by Gasteiger charge is -2.13. The number of rotatable bonds is 5. The lowest BCUT2D eigenvalue weighted by Crippen LogP contribution is -2.21. The van der Waals surface area contributed by atoms with Crippen molar-refractivity contribution in [1.82, 2.24) is 0 Å². The van der Waals surface area contributed by atoms with E-state index in [0.29, 0.717) is 11.3 Å². The standard InChI is InChI=1S/C17H16BrNO3/c1-11-6-14(18)7-12(2)17(11)19-16(21)10-22-15-5-3-4-13(8-15)9-20/h3-9H,10H2,1-2H3,(H,19,21). The van der Waals surface area contributed by atoms with Crippen LogP contribution in [0.3, 0.4) is 0 Å². The molecule has 1 amide bonds. The number of aryl methyl sites for hydroxylation is 2. The summed E-state index contributed by atoms with van der Waals surface area (Å²) in [6.07, 6.45) is 0.738. The number of carbonyl (C=O) groups excluding carboxylic acids is 2. The minimum absolute atomic E-state index is 0.114. The van der Waals surface area contributed by atoms with Crippen molar-refractivity contribution in [2.45, 2.75) is 13.8 Å². The highest BCUT2D eigenvalue weighted by molar-refractivity contribution is 9.10. The third kappa shape index (κ3) is 4.18. The molecular weight excluding hydrogens is 346 g/mol. The van der Waals surface area contributed by atoms with Gasteiger partial charge < -0.3 is 10.1 Å². The van der Waals surface area contributed by atoms with Crippen LogP contribution >= 0.6 is 15.9 Å². The molecule has 0 aliphatic rings. The third-order valence-electron chi connectivity index (χ3n) is 3.13. The van der Waals surface area contributed by atoms with Crippen LogP contribution in [-0.4, -0.2) is 18.8 Å². The zero-order valence-electron chi connectivity index (χ0n) is 12.4. The summed E-state index contributed by atoms with van der Waals surface area (Å²) in [6, 6.07) is 10.6. The molecule has 0 unspecified atom stereocenters. The number of hydrogen-bond donors (Lipinski definition) is 1. The highest BCUT2D eigenvalue weighted by Gasteiger charge is 2.09. The number of aldehydes is 1. The average Bonchev–Trinajstić information content (AvgIpc) is 2.49. The summed E-state index contributed by atoms with van der Waals surface area (Å²) in [7, 11) is 0. The lowest BCUT2D eigenvalue weighted by molar-refractivity contribution is -0.118. The Morgan fingerprint density at radius 1 is 1.23 bits per heavy atom. The maximum absolute atomic E-state index is 12.0. The molecular formula is C17H16BrNO3. The maximum atomic E-state index is 12.0. The Balaban J connectivity index is 2.00. The van der Waals surface area contributed by atoms with Gasteiger partial charge in [0.1, 0.15) is 12.0 Å². The summed E-state index contributed by atoms with van der Waals surface area (Å²) < 4.78 is 6.38. The van der Waals surface area contributed by atoms with Crippen LogP contribution in [0.25, 0.3) is 0 Å². The largest absolute Gasteiger partial charge is 0.484 e. The van der Waals surface area contributed by atoms with Crippen LogP contribution in [0.15, 0.2) is 40.9 Å². The Hall–Kier alpha value is -2.14. The van der Waals surface area contributed by atoms with Crippen LogP contribution in [-0.2, 0) is 4.79 Å². The molecule has 0 saturated carbocycles. The second-order valence-electron chi connectivity index (χ2n) is 4.94. The van der Waals surface area contributed by atoms with Crippen molar-refractivity contribution in [3.8, 4) is 5.75 Å². The molecule has 0 aromatic heterocycles. The number of benzene rings is 2. The molecule has 0 aliphatic carbocycles. The van der Waals surface area contributed by atoms with E-state index in [1.807, 2.05) is 26.0 Å². The van der Waals surface area contributed by atoms with Gasteiger partial charge in [0.25, 0.3) is 5.91 Å². The predicted molar refractivity (Wildman–Crippen MR) is 89.6 cm³/mol. The quantitative estimate of drug-likeness (QED) is 0.821.